The van der Waals surface area contributed by atoms with Crippen LogP contribution in [0.1, 0.15) is 12.8 Å². The van der Waals surface area contributed by atoms with Gasteiger partial charge in [-0.2, -0.15) is 4.31 Å². The fourth-order valence-electron chi connectivity index (χ4n) is 2.96. The molecule has 0 aromatic heterocycles. The van der Waals surface area contributed by atoms with Crippen molar-refractivity contribution >= 4 is 21.6 Å². The molecule has 19 heavy (non-hydrogen) atoms. The van der Waals surface area contributed by atoms with E-state index in [1.165, 1.54) is 0 Å². The van der Waals surface area contributed by atoms with E-state index in [0.717, 1.165) is 19.4 Å². The molecule has 2 fully saturated rings. The summed E-state index contributed by atoms with van der Waals surface area (Å²) in [5.41, 5.74) is 0. The summed E-state index contributed by atoms with van der Waals surface area (Å²) in [5.74, 6) is 0.454. The first-order valence-electron chi connectivity index (χ1n) is 6.56. The number of hydrogen-bond donors (Lipinski definition) is 1. The Kier molecular flexibility index (Phi) is 3.55. The largest absolute Gasteiger partial charge is 0.312 e. The summed E-state index contributed by atoms with van der Waals surface area (Å²) >= 11 is 5.80. The Bertz CT molecular complexity index is 545. The number of nitrogens with zero attached hydrogens (tertiary/aromatic N) is 1. The van der Waals surface area contributed by atoms with Crippen molar-refractivity contribution in [2.45, 2.75) is 23.8 Å². The molecular formula is C13H17ClN2O2S. The van der Waals surface area contributed by atoms with Gasteiger partial charge < -0.3 is 5.32 Å². The van der Waals surface area contributed by atoms with Crippen molar-refractivity contribution in [3.05, 3.63) is 29.3 Å². The highest BCUT2D eigenvalue weighted by molar-refractivity contribution is 7.89. The topological polar surface area (TPSA) is 49.4 Å². The smallest absolute Gasteiger partial charge is 0.243 e. The Morgan fingerprint density at radius 3 is 2.63 bits per heavy atom. The number of sulfonamides is 1. The molecule has 0 aliphatic carbocycles. The van der Waals surface area contributed by atoms with Crippen molar-refractivity contribution in [2.24, 2.45) is 5.92 Å². The lowest BCUT2D eigenvalue weighted by Crippen LogP contribution is -2.41. The van der Waals surface area contributed by atoms with E-state index in [2.05, 4.69) is 5.32 Å². The van der Waals surface area contributed by atoms with Gasteiger partial charge in [-0.25, -0.2) is 8.42 Å². The van der Waals surface area contributed by atoms with E-state index in [1.54, 1.807) is 28.6 Å². The molecule has 3 rings (SSSR count). The molecule has 1 N–H and O–H groups in total. The van der Waals surface area contributed by atoms with Crippen molar-refractivity contribution in [1.82, 2.24) is 9.62 Å². The number of nitrogens with one attached hydrogen (secondary N) is 1. The number of fused-ring (bicyclic) bond motifs is 1. The minimum atomic E-state index is -3.38. The zero-order valence-corrected chi connectivity index (χ0v) is 12.1. The maximum Gasteiger partial charge on any atom is 0.243 e. The van der Waals surface area contributed by atoms with Gasteiger partial charge in [-0.3, -0.25) is 0 Å². The summed E-state index contributed by atoms with van der Waals surface area (Å²) in [4.78, 5) is 0.329. The van der Waals surface area contributed by atoms with Crippen molar-refractivity contribution in [2.75, 3.05) is 19.6 Å². The lowest BCUT2D eigenvalue weighted by Gasteiger charge is -2.24. The fraction of sp³-hybridized carbons (Fsp3) is 0.538. The molecule has 104 valence electrons. The van der Waals surface area contributed by atoms with Gasteiger partial charge >= 0.3 is 0 Å². The number of piperidine rings is 1. The van der Waals surface area contributed by atoms with Crippen molar-refractivity contribution in [1.29, 1.82) is 0 Å². The summed E-state index contributed by atoms with van der Waals surface area (Å²) in [7, 11) is -3.38. The number of halogens is 1. The molecule has 0 radical (unpaired) electrons. The summed E-state index contributed by atoms with van der Waals surface area (Å²) in [6.45, 7) is 2.20. The van der Waals surface area contributed by atoms with Crippen LogP contribution in [0.2, 0.25) is 5.02 Å². The quantitative estimate of drug-likeness (QED) is 0.904. The Balaban J connectivity index is 1.83. The first-order valence-corrected chi connectivity index (χ1v) is 8.38. The van der Waals surface area contributed by atoms with Gasteiger partial charge in [-0.1, -0.05) is 11.6 Å². The molecule has 2 heterocycles. The molecule has 0 spiro atoms. The predicted octanol–water partition coefficient (Wildman–Crippen LogP) is 1.71. The van der Waals surface area contributed by atoms with Crippen molar-refractivity contribution in [3.63, 3.8) is 0 Å². The van der Waals surface area contributed by atoms with Crippen LogP contribution in [-0.4, -0.2) is 38.4 Å². The monoisotopic (exact) mass is 300 g/mol. The first kappa shape index (κ1) is 13.4. The molecule has 2 aliphatic heterocycles. The van der Waals surface area contributed by atoms with Gasteiger partial charge in [0.05, 0.1) is 4.90 Å². The Hall–Kier alpha value is -0.620. The minimum absolute atomic E-state index is 0.316. The van der Waals surface area contributed by atoms with Crippen LogP contribution in [0.4, 0.5) is 0 Å². The second-order valence-corrected chi connectivity index (χ2v) is 7.61. The van der Waals surface area contributed by atoms with E-state index in [0.29, 0.717) is 35.0 Å². The van der Waals surface area contributed by atoms with Crippen molar-refractivity contribution in [3.8, 4) is 0 Å². The molecular weight excluding hydrogens is 284 g/mol. The SMILES string of the molecule is O=S(=O)(c1ccc(Cl)cc1)N1C[C@@H]2CCCN[C@@H]2C1. The lowest BCUT2D eigenvalue weighted by atomic mass is 9.94. The molecule has 0 bridgehead atoms. The fourth-order valence-corrected chi connectivity index (χ4v) is 4.61. The third-order valence-corrected chi connectivity index (χ3v) is 6.11. The standard InChI is InChI=1S/C13H17ClN2O2S/c14-11-3-5-12(6-4-11)19(17,18)16-8-10-2-1-7-15-13(10)9-16/h3-6,10,13,15H,1-2,7-9H2/t10-,13+/m0/s1. The van der Waals surface area contributed by atoms with Gasteiger partial charge in [0.1, 0.15) is 0 Å². The van der Waals surface area contributed by atoms with Crippen LogP contribution in [0.25, 0.3) is 0 Å². The highest BCUT2D eigenvalue weighted by Crippen LogP contribution is 2.29. The van der Waals surface area contributed by atoms with Crippen LogP contribution in [0.3, 0.4) is 0 Å². The van der Waals surface area contributed by atoms with E-state index >= 15 is 0 Å². The number of hydrogen-bond acceptors (Lipinski definition) is 3. The van der Waals surface area contributed by atoms with Gasteiger partial charge in [0.2, 0.25) is 10.0 Å². The van der Waals surface area contributed by atoms with Crippen LogP contribution in [0.5, 0.6) is 0 Å². The Morgan fingerprint density at radius 2 is 1.95 bits per heavy atom. The second kappa shape index (κ2) is 5.05. The van der Waals surface area contributed by atoms with Crippen molar-refractivity contribution < 1.29 is 8.42 Å². The van der Waals surface area contributed by atoms with Gasteiger partial charge in [0.25, 0.3) is 0 Å². The second-order valence-electron chi connectivity index (χ2n) is 5.24. The summed E-state index contributed by atoms with van der Waals surface area (Å²) in [6.07, 6.45) is 2.25. The van der Waals surface area contributed by atoms with E-state index < -0.39 is 10.0 Å². The first-order chi connectivity index (χ1) is 9.07. The van der Waals surface area contributed by atoms with E-state index in [1.807, 2.05) is 0 Å². The van der Waals surface area contributed by atoms with Crippen LogP contribution in [-0.2, 0) is 10.0 Å². The van der Waals surface area contributed by atoms with Gasteiger partial charge in [-0.05, 0) is 49.6 Å². The molecule has 1 aromatic rings. The van der Waals surface area contributed by atoms with Crippen LogP contribution in [0.15, 0.2) is 29.2 Å². The zero-order chi connectivity index (χ0) is 13.5. The van der Waals surface area contributed by atoms with Crippen LogP contribution in [0, 0.1) is 5.92 Å². The van der Waals surface area contributed by atoms with Gasteiger partial charge in [0, 0.05) is 24.2 Å². The average molecular weight is 301 g/mol. The molecule has 2 saturated heterocycles. The normalized spacial score (nSPS) is 28.3. The highest BCUT2D eigenvalue weighted by atomic mass is 35.5. The zero-order valence-electron chi connectivity index (χ0n) is 10.5. The van der Waals surface area contributed by atoms with E-state index in [-0.39, 0.29) is 0 Å². The third kappa shape index (κ3) is 2.52. The highest BCUT2D eigenvalue weighted by Gasteiger charge is 2.39. The lowest BCUT2D eigenvalue weighted by molar-refractivity contribution is 0.339. The number of benzene rings is 1. The maximum absolute atomic E-state index is 12.5. The molecule has 4 nitrogen and oxygen atoms in total. The summed E-state index contributed by atoms with van der Waals surface area (Å²) in [6, 6.07) is 6.71. The van der Waals surface area contributed by atoms with E-state index in [9.17, 15) is 8.42 Å². The predicted molar refractivity (Wildman–Crippen MR) is 74.7 cm³/mol. The molecule has 6 heteroatoms. The minimum Gasteiger partial charge on any atom is -0.312 e. The maximum atomic E-state index is 12.5. The summed E-state index contributed by atoms with van der Waals surface area (Å²) < 4.78 is 26.7. The Morgan fingerprint density at radius 1 is 1.21 bits per heavy atom. The molecule has 2 aliphatic rings. The average Bonchev–Trinajstić information content (AvgIpc) is 2.83. The number of rotatable bonds is 2. The molecule has 0 saturated carbocycles. The third-order valence-electron chi connectivity index (χ3n) is 4.02. The van der Waals surface area contributed by atoms with Crippen LogP contribution < -0.4 is 5.32 Å². The van der Waals surface area contributed by atoms with Gasteiger partial charge in [0.15, 0.2) is 0 Å². The van der Waals surface area contributed by atoms with E-state index in [4.69, 9.17) is 11.6 Å². The molecule has 2 atom stereocenters. The molecule has 0 unspecified atom stereocenters. The van der Waals surface area contributed by atoms with Gasteiger partial charge in [-0.15, -0.1) is 0 Å². The molecule has 0 amide bonds. The van der Waals surface area contributed by atoms with Crippen LogP contribution >= 0.6 is 11.6 Å². The summed E-state index contributed by atoms with van der Waals surface area (Å²) in [5, 5.41) is 3.97. The Labute approximate surface area is 118 Å². The molecule has 1 aromatic carbocycles.